The van der Waals surface area contributed by atoms with E-state index in [4.69, 9.17) is 10.5 Å². The molecule has 2 bridgehead atoms. The third kappa shape index (κ3) is 2.93. The molecule has 1 aromatic carbocycles. The van der Waals surface area contributed by atoms with Gasteiger partial charge in [0.15, 0.2) is 17.8 Å². The Hall–Kier alpha value is -3.22. The Bertz CT molecular complexity index is 1040. The Labute approximate surface area is 162 Å². The number of likely N-dealkylation sites (N-methyl/N-ethyl adjacent to an activating group) is 1. The number of nitrogens with zero attached hydrogens (tertiary/aromatic N) is 3. The highest BCUT2D eigenvalue weighted by atomic mass is 19.1. The van der Waals surface area contributed by atoms with Crippen molar-refractivity contribution in [2.24, 2.45) is 0 Å². The maximum Gasteiger partial charge on any atom is 0.254 e. The van der Waals surface area contributed by atoms with Gasteiger partial charge in [-0.2, -0.15) is 4.58 Å². The van der Waals surface area contributed by atoms with Crippen molar-refractivity contribution >= 4 is 17.4 Å². The number of fused-ring (bicyclic) bond motifs is 5. The minimum Gasteiger partial charge on any atom is -0.482 e. The van der Waals surface area contributed by atoms with Gasteiger partial charge in [0.25, 0.3) is 5.91 Å². The number of anilines is 1. The summed E-state index contributed by atoms with van der Waals surface area (Å²) in [6.45, 7) is 5.07. The highest BCUT2D eigenvalue weighted by Gasteiger charge is 2.34. The van der Waals surface area contributed by atoms with Crippen molar-refractivity contribution in [3.8, 4) is 5.75 Å². The Morgan fingerprint density at radius 2 is 2.18 bits per heavy atom. The Morgan fingerprint density at radius 3 is 2.93 bits per heavy atom. The van der Waals surface area contributed by atoms with Gasteiger partial charge in [0.1, 0.15) is 24.0 Å². The number of rotatable bonds is 1. The maximum atomic E-state index is 13.9. The van der Waals surface area contributed by atoms with Gasteiger partial charge in [0, 0.05) is 24.4 Å². The van der Waals surface area contributed by atoms with Gasteiger partial charge in [-0.1, -0.05) is 0 Å². The van der Waals surface area contributed by atoms with Gasteiger partial charge in [-0.25, -0.2) is 9.37 Å². The van der Waals surface area contributed by atoms with Crippen LogP contribution < -0.4 is 10.5 Å². The smallest absolute Gasteiger partial charge is 0.254 e. The van der Waals surface area contributed by atoms with E-state index in [1.165, 1.54) is 18.2 Å². The maximum absolute atomic E-state index is 13.9. The van der Waals surface area contributed by atoms with E-state index in [9.17, 15) is 9.18 Å². The lowest BCUT2D eigenvalue weighted by atomic mass is 9.97. The first-order valence-corrected chi connectivity index (χ1v) is 9.21. The van der Waals surface area contributed by atoms with Crippen LogP contribution in [0, 0.1) is 5.82 Å². The van der Waals surface area contributed by atoms with Gasteiger partial charge in [-0.3, -0.25) is 4.79 Å². The third-order valence-electron chi connectivity index (χ3n) is 5.14. The zero-order valence-electron chi connectivity index (χ0n) is 16.1. The minimum absolute atomic E-state index is 0.184. The predicted octanol–water partition coefficient (Wildman–Crippen LogP) is 2.75. The number of halogens is 1. The van der Waals surface area contributed by atoms with Crippen LogP contribution in [0.4, 0.5) is 10.2 Å². The van der Waals surface area contributed by atoms with Crippen molar-refractivity contribution in [1.29, 1.82) is 0 Å². The number of hydrogen-bond donors (Lipinski definition) is 1. The van der Waals surface area contributed by atoms with Crippen molar-refractivity contribution in [3.63, 3.8) is 0 Å². The second kappa shape index (κ2) is 6.74. The molecule has 2 N–H and O–H groups in total. The first-order chi connectivity index (χ1) is 13.4. The van der Waals surface area contributed by atoms with E-state index in [-0.39, 0.29) is 11.7 Å². The molecule has 1 aromatic heterocycles. The fourth-order valence-electron chi connectivity index (χ4n) is 3.68. The monoisotopic (exact) mass is 381 g/mol. The number of pyridine rings is 1. The Kier molecular flexibility index (Phi) is 4.37. The summed E-state index contributed by atoms with van der Waals surface area (Å²) >= 11 is 0. The van der Waals surface area contributed by atoms with Crippen molar-refractivity contribution in [2.45, 2.75) is 20.0 Å². The van der Waals surface area contributed by atoms with Crippen LogP contribution in [0.5, 0.6) is 5.75 Å². The summed E-state index contributed by atoms with van der Waals surface area (Å²) in [6.07, 6.45) is 3.15. The van der Waals surface area contributed by atoms with E-state index in [1.54, 1.807) is 25.1 Å². The zero-order valence-corrected chi connectivity index (χ0v) is 16.1. The van der Waals surface area contributed by atoms with E-state index in [0.717, 1.165) is 23.4 Å². The van der Waals surface area contributed by atoms with Crippen molar-refractivity contribution in [2.75, 3.05) is 25.9 Å². The number of ether oxygens (including phenoxy) is 1. The lowest BCUT2D eigenvalue weighted by Gasteiger charge is -2.26. The van der Waals surface area contributed by atoms with Crippen LogP contribution in [0.1, 0.15) is 41.4 Å². The molecule has 0 radical (unpaired) electrons. The molecule has 144 valence electrons. The predicted molar refractivity (Wildman–Crippen MR) is 104 cm³/mol. The molecule has 6 nitrogen and oxygen atoms in total. The second-order valence-electron chi connectivity index (χ2n) is 7.05. The molecule has 4 rings (SSSR count). The lowest BCUT2D eigenvalue weighted by molar-refractivity contribution is -0.464. The van der Waals surface area contributed by atoms with Gasteiger partial charge in [-0.05, 0) is 38.1 Å². The van der Waals surface area contributed by atoms with Crippen LogP contribution in [0.15, 0.2) is 42.2 Å². The number of aromatic nitrogens is 1. The van der Waals surface area contributed by atoms with Crippen LogP contribution in [0.3, 0.4) is 0 Å². The van der Waals surface area contributed by atoms with Crippen LogP contribution >= 0.6 is 0 Å². The van der Waals surface area contributed by atoms with Crippen molar-refractivity contribution < 1.29 is 18.5 Å². The van der Waals surface area contributed by atoms with Crippen LogP contribution in [0.2, 0.25) is 0 Å². The second-order valence-corrected chi connectivity index (χ2v) is 7.05. The highest BCUT2D eigenvalue weighted by Crippen LogP contribution is 2.32. The first-order valence-electron chi connectivity index (χ1n) is 9.21. The number of carbonyl (C=O) groups is 1. The number of carbonyl (C=O) groups excluding carboxylic acids is 1. The average Bonchev–Trinajstić information content (AvgIpc) is 2.65. The first kappa shape index (κ1) is 18.2. The summed E-state index contributed by atoms with van der Waals surface area (Å²) in [4.78, 5) is 19.0. The SMILES string of the molecule is CC[N+]1=C2C(=C1)CN(C)C(=O)c1ccc(F)cc1C(C)Oc1cc2cnc1N. The number of amides is 1. The quantitative estimate of drug-likeness (QED) is 0.771. The van der Waals surface area contributed by atoms with Gasteiger partial charge in [0.2, 0.25) is 5.71 Å². The zero-order chi connectivity index (χ0) is 20.0. The van der Waals surface area contributed by atoms with Crippen molar-refractivity contribution in [3.05, 3.63) is 64.7 Å². The van der Waals surface area contributed by atoms with E-state index < -0.39 is 11.9 Å². The molecule has 0 saturated carbocycles. The van der Waals surface area contributed by atoms with Crippen LogP contribution in [0.25, 0.3) is 0 Å². The third-order valence-corrected chi connectivity index (χ3v) is 5.14. The highest BCUT2D eigenvalue weighted by molar-refractivity contribution is 6.12. The van der Waals surface area contributed by atoms with Gasteiger partial charge >= 0.3 is 0 Å². The van der Waals surface area contributed by atoms with Crippen LogP contribution in [-0.4, -0.2) is 46.2 Å². The molecule has 1 atom stereocenters. The summed E-state index contributed by atoms with van der Waals surface area (Å²) in [6, 6.07) is 5.99. The molecule has 7 heteroatoms. The molecule has 2 aromatic rings. The number of hydrogen-bond acceptors (Lipinski definition) is 4. The number of benzene rings is 1. The molecular weight excluding hydrogens is 359 g/mol. The number of nitrogens with two attached hydrogens (primary N) is 1. The average molecular weight is 381 g/mol. The summed E-state index contributed by atoms with van der Waals surface area (Å²) in [5, 5.41) is 0. The molecule has 1 amide bonds. The fourth-order valence-corrected chi connectivity index (χ4v) is 3.68. The van der Waals surface area contributed by atoms with E-state index in [2.05, 4.69) is 16.5 Å². The van der Waals surface area contributed by atoms with Crippen LogP contribution in [-0.2, 0) is 0 Å². The molecule has 3 heterocycles. The largest absolute Gasteiger partial charge is 0.482 e. The molecule has 0 saturated heterocycles. The van der Waals surface area contributed by atoms with Gasteiger partial charge in [0.05, 0.1) is 12.1 Å². The van der Waals surface area contributed by atoms with E-state index >= 15 is 0 Å². The summed E-state index contributed by atoms with van der Waals surface area (Å²) in [7, 11) is 1.74. The molecule has 2 aliphatic heterocycles. The summed E-state index contributed by atoms with van der Waals surface area (Å²) in [5.74, 6) is 0.0578. The van der Waals surface area contributed by atoms with Crippen molar-refractivity contribution in [1.82, 2.24) is 9.88 Å². The van der Waals surface area contributed by atoms with E-state index in [1.807, 2.05) is 12.3 Å². The minimum atomic E-state index is -0.578. The lowest BCUT2D eigenvalue weighted by Crippen LogP contribution is -2.38. The Morgan fingerprint density at radius 1 is 1.39 bits per heavy atom. The molecule has 0 fully saturated rings. The normalized spacial score (nSPS) is 18.9. The molecule has 28 heavy (non-hydrogen) atoms. The fraction of sp³-hybridized carbons (Fsp3) is 0.286. The molecule has 0 spiro atoms. The summed E-state index contributed by atoms with van der Waals surface area (Å²) < 4.78 is 22.0. The number of nitrogen functional groups attached to an aromatic ring is 1. The molecular formula is C21H22FN4O2+. The molecule has 2 aliphatic rings. The van der Waals surface area contributed by atoms with Gasteiger partial charge < -0.3 is 15.4 Å². The van der Waals surface area contributed by atoms with E-state index in [0.29, 0.717) is 23.4 Å². The Balaban J connectivity index is 1.88. The topological polar surface area (TPSA) is 71.5 Å². The molecule has 1 unspecified atom stereocenters. The van der Waals surface area contributed by atoms with Gasteiger partial charge in [-0.15, -0.1) is 0 Å². The molecule has 0 aliphatic carbocycles. The summed E-state index contributed by atoms with van der Waals surface area (Å²) in [5.41, 5.74) is 9.80. The standard InChI is InChI=1S/C21H21FN4O2/c1-4-26-11-14-10-25(3)21(27)16-6-5-15(22)8-17(16)12(2)28-18-7-13(19(14)26)9-24-20(18)23/h5-9,11-12,23H,4,10H2,1-3H3/p+1.